The van der Waals surface area contributed by atoms with E-state index in [4.69, 9.17) is 14.6 Å². The Bertz CT molecular complexity index is 451. The van der Waals surface area contributed by atoms with Gasteiger partial charge in [0.1, 0.15) is 17.8 Å². The molecule has 0 aromatic rings. The number of aliphatic hydroxyl groups is 3. The lowest BCUT2D eigenvalue weighted by atomic mass is 9.96. The second kappa shape index (κ2) is 4.68. The average molecular weight is 286 g/mol. The van der Waals surface area contributed by atoms with Gasteiger partial charge in [-0.1, -0.05) is 0 Å². The van der Waals surface area contributed by atoms with E-state index in [-0.39, 0.29) is 0 Å². The van der Waals surface area contributed by atoms with Gasteiger partial charge in [-0.2, -0.15) is 0 Å². The molecule has 0 saturated carbocycles. The van der Waals surface area contributed by atoms with E-state index in [1.165, 1.54) is 11.8 Å². The van der Waals surface area contributed by atoms with Crippen molar-refractivity contribution in [2.75, 3.05) is 13.2 Å². The third-order valence-electron chi connectivity index (χ3n) is 3.99. The number of hydrogen-bond donors (Lipinski definition) is 4. The Kier molecular flexibility index (Phi) is 3.22. The third-order valence-corrected chi connectivity index (χ3v) is 3.99. The molecule has 0 bridgehead atoms. The number of urea groups is 1. The zero-order valence-electron chi connectivity index (χ0n) is 11.0. The lowest BCUT2D eigenvalue weighted by Crippen LogP contribution is -2.58. The molecule has 8 heteroatoms. The predicted molar refractivity (Wildman–Crippen MR) is 65.2 cm³/mol. The van der Waals surface area contributed by atoms with Crippen molar-refractivity contribution in [3.05, 3.63) is 11.8 Å². The second-order valence-electron chi connectivity index (χ2n) is 5.44. The molecule has 0 aliphatic carbocycles. The molecule has 3 rings (SSSR count). The number of ether oxygens (including phenoxy) is 2. The van der Waals surface area contributed by atoms with Crippen LogP contribution in [0.1, 0.15) is 13.3 Å². The van der Waals surface area contributed by atoms with E-state index in [2.05, 4.69) is 5.32 Å². The van der Waals surface area contributed by atoms with Gasteiger partial charge in [-0.3, -0.25) is 4.90 Å². The topological polar surface area (TPSA) is 111 Å². The minimum atomic E-state index is -1.67. The highest BCUT2D eigenvalue weighted by molar-refractivity contribution is 5.78. The van der Waals surface area contributed by atoms with E-state index in [0.717, 1.165) is 5.57 Å². The van der Waals surface area contributed by atoms with Crippen LogP contribution in [0.5, 0.6) is 0 Å². The number of rotatable bonds is 2. The van der Waals surface area contributed by atoms with Crippen molar-refractivity contribution in [3.8, 4) is 0 Å². The molecule has 2 unspecified atom stereocenters. The number of nitrogens with zero attached hydrogens (tertiary/aromatic N) is 1. The summed E-state index contributed by atoms with van der Waals surface area (Å²) >= 11 is 0. The van der Waals surface area contributed by atoms with Gasteiger partial charge < -0.3 is 30.1 Å². The van der Waals surface area contributed by atoms with Crippen molar-refractivity contribution in [1.82, 2.24) is 10.2 Å². The van der Waals surface area contributed by atoms with Crippen molar-refractivity contribution in [1.29, 1.82) is 0 Å². The molecule has 5 atom stereocenters. The number of nitrogens with one attached hydrogen (secondary N) is 1. The van der Waals surface area contributed by atoms with E-state index in [1.807, 2.05) is 0 Å². The molecule has 112 valence electrons. The molecule has 20 heavy (non-hydrogen) atoms. The van der Waals surface area contributed by atoms with Gasteiger partial charge in [0.2, 0.25) is 0 Å². The molecule has 3 aliphatic rings. The first-order valence-electron chi connectivity index (χ1n) is 6.53. The molecule has 2 amide bonds. The fourth-order valence-corrected chi connectivity index (χ4v) is 2.79. The number of carbonyl (C=O) groups excluding carboxylic acids is 1. The SMILES string of the molecule is C[C@]1(O)C(N2C=C3CCOC3NC2=O)O[C@H](CO)[C@H]1O. The van der Waals surface area contributed by atoms with Crippen LogP contribution in [0.25, 0.3) is 0 Å². The van der Waals surface area contributed by atoms with E-state index >= 15 is 0 Å². The fraction of sp³-hybridized carbons (Fsp3) is 0.750. The van der Waals surface area contributed by atoms with Gasteiger partial charge in [-0.15, -0.1) is 0 Å². The predicted octanol–water partition coefficient (Wildman–Crippen LogP) is -1.53. The highest BCUT2D eigenvalue weighted by atomic mass is 16.6. The summed E-state index contributed by atoms with van der Waals surface area (Å²) in [5, 5.41) is 32.1. The average Bonchev–Trinajstić information content (AvgIpc) is 2.93. The minimum absolute atomic E-state index is 0.427. The standard InChI is InChI=1S/C12H18N2O6/c1-12(18)8(16)7(5-15)20-10(12)14-4-6-2-3-19-9(6)13-11(14)17/h4,7-10,15-16,18H,2-3,5H2,1H3,(H,13,17)/t7-,8-,9?,10?,12-/m1/s1. The van der Waals surface area contributed by atoms with Gasteiger partial charge in [0.15, 0.2) is 12.5 Å². The van der Waals surface area contributed by atoms with Gasteiger partial charge in [0, 0.05) is 6.20 Å². The van der Waals surface area contributed by atoms with E-state index in [1.54, 1.807) is 6.20 Å². The Labute approximate surface area is 115 Å². The van der Waals surface area contributed by atoms with E-state index < -0.39 is 42.9 Å². The zero-order chi connectivity index (χ0) is 14.5. The maximum absolute atomic E-state index is 12.1. The second-order valence-corrected chi connectivity index (χ2v) is 5.44. The molecule has 4 N–H and O–H groups in total. The Morgan fingerprint density at radius 3 is 3.00 bits per heavy atom. The maximum atomic E-state index is 12.1. The summed E-state index contributed by atoms with van der Waals surface area (Å²) in [6, 6.07) is -0.475. The van der Waals surface area contributed by atoms with Gasteiger partial charge in [-0.25, -0.2) is 4.79 Å². The minimum Gasteiger partial charge on any atom is -0.394 e. The molecule has 0 aromatic carbocycles. The van der Waals surface area contributed by atoms with Crippen LogP contribution in [0.3, 0.4) is 0 Å². The Morgan fingerprint density at radius 2 is 2.35 bits per heavy atom. The highest BCUT2D eigenvalue weighted by Crippen LogP contribution is 2.35. The summed E-state index contributed by atoms with van der Waals surface area (Å²) in [7, 11) is 0. The number of carbonyl (C=O) groups is 1. The van der Waals surface area contributed by atoms with Crippen molar-refractivity contribution in [3.63, 3.8) is 0 Å². The van der Waals surface area contributed by atoms with Crippen molar-refractivity contribution in [2.24, 2.45) is 0 Å². The van der Waals surface area contributed by atoms with Crippen LogP contribution in [-0.2, 0) is 9.47 Å². The molecular weight excluding hydrogens is 268 g/mol. The van der Waals surface area contributed by atoms with Crippen molar-refractivity contribution < 1.29 is 29.6 Å². The molecule has 8 nitrogen and oxygen atoms in total. The highest BCUT2D eigenvalue weighted by Gasteiger charge is 2.55. The van der Waals surface area contributed by atoms with Gasteiger partial charge in [0.05, 0.1) is 13.2 Å². The first kappa shape index (κ1) is 13.8. The fourth-order valence-electron chi connectivity index (χ4n) is 2.79. The van der Waals surface area contributed by atoms with E-state index in [9.17, 15) is 15.0 Å². The Hall–Kier alpha value is -1.19. The largest absolute Gasteiger partial charge is 0.394 e. The third kappa shape index (κ3) is 1.92. The molecule has 0 spiro atoms. The summed E-state index contributed by atoms with van der Waals surface area (Å²) in [5.41, 5.74) is -0.792. The van der Waals surface area contributed by atoms with Crippen LogP contribution in [0.15, 0.2) is 11.8 Å². The summed E-state index contributed by atoms with van der Waals surface area (Å²) in [6.45, 7) is 1.46. The number of hydrogen-bond acceptors (Lipinski definition) is 6. The monoisotopic (exact) mass is 286 g/mol. The van der Waals surface area contributed by atoms with Gasteiger partial charge in [0.25, 0.3) is 0 Å². The van der Waals surface area contributed by atoms with Crippen LogP contribution >= 0.6 is 0 Å². The quantitative estimate of drug-likeness (QED) is 0.490. The molecule has 2 fully saturated rings. The smallest absolute Gasteiger partial charge is 0.325 e. The number of aliphatic hydroxyl groups excluding tert-OH is 2. The van der Waals surface area contributed by atoms with Gasteiger partial charge in [-0.05, 0) is 18.9 Å². The van der Waals surface area contributed by atoms with Crippen molar-refractivity contribution >= 4 is 6.03 Å². The summed E-state index contributed by atoms with van der Waals surface area (Å²) in [4.78, 5) is 13.3. The van der Waals surface area contributed by atoms with Gasteiger partial charge >= 0.3 is 6.03 Å². The van der Waals surface area contributed by atoms with Crippen LogP contribution in [0, 0.1) is 0 Å². The zero-order valence-corrected chi connectivity index (χ0v) is 11.0. The van der Waals surface area contributed by atoms with Crippen LogP contribution < -0.4 is 5.32 Å². The van der Waals surface area contributed by atoms with E-state index in [0.29, 0.717) is 13.0 Å². The number of amides is 2. The number of fused-ring (bicyclic) bond motifs is 1. The normalized spacial score (nSPS) is 44.3. The van der Waals surface area contributed by atoms with Crippen LogP contribution in [0.4, 0.5) is 4.79 Å². The summed E-state index contributed by atoms with van der Waals surface area (Å²) in [6.07, 6.45) is -1.43. The molecule has 0 radical (unpaired) electrons. The molecular formula is C12H18N2O6. The summed E-state index contributed by atoms with van der Waals surface area (Å²) < 4.78 is 10.8. The first-order chi connectivity index (χ1) is 9.45. The molecule has 2 saturated heterocycles. The molecule has 3 aliphatic heterocycles. The summed E-state index contributed by atoms with van der Waals surface area (Å²) in [5.74, 6) is 0. The Balaban J connectivity index is 1.88. The van der Waals surface area contributed by atoms with Crippen LogP contribution in [-0.4, -0.2) is 69.7 Å². The first-order valence-corrected chi connectivity index (χ1v) is 6.53. The van der Waals surface area contributed by atoms with Crippen LogP contribution in [0.2, 0.25) is 0 Å². The van der Waals surface area contributed by atoms with Crippen molar-refractivity contribution in [2.45, 2.75) is 43.6 Å². The lowest BCUT2D eigenvalue weighted by molar-refractivity contribution is -0.108. The molecule has 3 heterocycles. The Morgan fingerprint density at radius 1 is 1.60 bits per heavy atom. The lowest BCUT2D eigenvalue weighted by Gasteiger charge is -2.37. The maximum Gasteiger partial charge on any atom is 0.325 e. The molecule has 0 aromatic heterocycles.